The van der Waals surface area contributed by atoms with E-state index in [2.05, 4.69) is 32.0 Å². The molecule has 0 aromatic heterocycles. The molecule has 3 aliphatic carbocycles. The van der Waals surface area contributed by atoms with E-state index in [-0.39, 0.29) is 36.4 Å². The summed E-state index contributed by atoms with van der Waals surface area (Å²) in [6.45, 7) is 10.2. The lowest BCUT2D eigenvalue weighted by molar-refractivity contribution is -0.261. The van der Waals surface area contributed by atoms with Crippen molar-refractivity contribution < 1.29 is 48.6 Å². The van der Waals surface area contributed by atoms with Crippen molar-refractivity contribution in [2.75, 3.05) is 13.7 Å². The van der Waals surface area contributed by atoms with Gasteiger partial charge in [0, 0.05) is 25.9 Å². The van der Waals surface area contributed by atoms with Crippen molar-refractivity contribution in [1.29, 1.82) is 0 Å². The topological polar surface area (TPSA) is 146 Å². The van der Waals surface area contributed by atoms with Crippen molar-refractivity contribution in [3.8, 4) is 0 Å². The molecule has 55 heavy (non-hydrogen) atoms. The minimum absolute atomic E-state index is 0.0559. The number of oxime groups is 1. The van der Waals surface area contributed by atoms with Gasteiger partial charge in [0.05, 0.1) is 36.6 Å². The smallest absolute Gasteiger partial charge is 0.316 e. The number of carbonyl (C=O) groups excluding carboxylic acids is 1. The molecule has 0 radical (unpaired) electrons. The summed E-state index contributed by atoms with van der Waals surface area (Å²) in [7, 11) is 1.60. The maximum atomic E-state index is 14.4. The molecular formula is C44H65NO10. The Bertz CT molecular complexity index is 1550. The van der Waals surface area contributed by atoms with Crippen molar-refractivity contribution in [2.45, 2.75) is 172 Å². The lowest BCUT2D eigenvalue weighted by Crippen LogP contribution is -2.57. The maximum absolute atomic E-state index is 14.4. The van der Waals surface area contributed by atoms with Gasteiger partial charge >= 0.3 is 5.97 Å². The van der Waals surface area contributed by atoms with Gasteiger partial charge in [-0.1, -0.05) is 68.6 Å². The van der Waals surface area contributed by atoms with Gasteiger partial charge in [-0.15, -0.1) is 0 Å². The van der Waals surface area contributed by atoms with E-state index >= 15 is 0 Å². The average molecular weight is 768 g/mol. The van der Waals surface area contributed by atoms with Crippen molar-refractivity contribution in [1.82, 2.24) is 0 Å². The molecule has 10 unspecified atom stereocenters. The molecule has 1 spiro atoms. The molecule has 0 aromatic rings. The number of aliphatic hydroxyl groups excluding tert-OH is 1. The van der Waals surface area contributed by atoms with E-state index in [9.17, 15) is 20.2 Å². The van der Waals surface area contributed by atoms with Crippen LogP contribution < -0.4 is 0 Å². The Morgan fingerprint density at radius 1 is 1.04 bits per heavy atom. The summed E-state index contributed by atoms with van der Waals surface area (Å²) in [5, 5.41) is 36.7. The molecule has 0 amide bonds. The van der Waals surface area contributed by atoms with E-state index in [1.807, 2.05) is 19.1 Å². The van der Waals surface area contributed by atoms with Gasteiger partial charge in [-0.05, 0) is 100 Å². The lowest BCUT2D eigenvalue weighted by atomic mass is 9.68. The number of hydrogen-bond donors (Lipinski definition) is 3. The van der Waals surface area contributed by atoms with E-state index in [0.29, 0.717) is 42.2 Å². The van der Waals surface area contributed by atoms with Gasteiger partial charge in [-0.25, -0.2) is 0 Å². The van der Waals surface area contributed by atoms with E-state index in [0.717, 1.165) is 31.3 Å². The third-order valence-electron chi connectivity index (χ3n) is 14.1. The van der Waals surface area contributed by atoms with E-state index < -0.39 is 59.9 Å². The molecule has 11 nitrogen and oxygen atoms in total. The highest BCUT2D eigenvalue weighted by Gasteiger charge is 2.60. The first-order valence-corrected chi connectivity index (χ1v) is 21.0. The minimum Gasteiger partial charge on any atom is -0.462 e. The fourth-order valence-electron chi connectivity index (χ4n) is 11.0. The number of methoxy groups -OCH3 is 1. The van der Waals surface area contributed by atoms with Crippen molar-refractivity contribution in [3.05, 3.63) is 47.1 Å². The minimum atomic E-state index is -1.80. The summed E-state index contributed by atoms with van der Waals surface area (Å²) in [6.07, 6.45) is 17.5. The number of nitrogens with zero attached hydrogens (tertiary/aromatic N) is 1. The summed E-state index contributed by atoms with van der Waals surface area (Å²) in [6, 6.07) is 0. The van der Waals surface area contributed by atoms with Gasteiger partial charge in [0.25, 0.3) is 0 Å². The zero-order valence-corrected chi connectivity index (χ0v) is 33.7. The van der Waals surface area contributed by atoms with Gasteiger partial charge in [0.1, 0.15) is 35.5 Å². The highest BCUT2D eigenvalue weighted by atomic mass is 16.7. The molecule has 2 saturated carbocycles. The molecule has 11 heteroatoms. The van der Waals surface area contributed by atoms with Crippen LogP contribution in [0.15, 0.2) is 52.3 Å². The van der Waals surface area contributed by atoms with Crippen LogP contribution in [0.25, 0.3) is 0 Å². The fraction of sp³-hybridized carbons (Fsp3) is 0.773. The third kappa shape index (κ3) is 8.18. The summed E-state index contributed by atoms with van der Waals surface area (Å²) in [4.78, 5) is 14.4. The maximum Gasteiger partial charge on any atom is 0.316 e. The number of allylic oxidation sites excluding steroid dienone is 3. The molecule has 7 aliphatic rings. The van der Waals surface area contributed by atoms with Crippen LogP contribution in [-0.2, 0) is 33.2 Å². The molecule has 4 aliphatic heterocycles. The summed E-state index contributed by atoms with van der Waals surface area (Å²) in [5.74, 6) is -0.438. The second-order valence-corrected chi connectivity index (χ2v) is 18.0. The number of ether oxygens (including phenoxy) is 6. The zero-order valence-electron chi connectivity index (χ0n) is 33.7. The highest BCUT2D eigenvalue weighted by molar-refractivity contribution is 6.06. The van der Waals surface area contributed by atoms with Crippen LogP contribution in [0.2, 0.25) is 0 Å². The van der Waals surface area contributed by atoms with E-state index in [1.165, 1.54) is 32.1 Å². The van der Waals surface area contributed by atoms with Gasteiger partial charge in [-0.3, -0.25) is 4.79 Å². The van der Waals surface area contributed by atoms with Crippen molar-refractivity contribution in [3.63, 3.8) is 0 Å². The summed E-state index contributed by atoms with van der Waals surface area (Å²) < 4.78 is 38.5. The summed E-state index contributed by atoms with van der Waals surface area (Å²) >= 11 is 0. The molecule has 0 aromatic carbocycles. The highest BCUT2D eigenvalue weighted by Crippen LogP contribution is 2.50. The Morgan fingerprint density at radius 2 is 1.82 bits per heavy atom. The molecule has 14 atom stereocenters. The molecule has 3 saturated heterocycles. The first-order valence-electron chi connectivity index (χ1n) is 21.0. The number of aliphatic hydroxyl groups is 2. The number of carbonyl (C=O) groups is 1. The SMILES string of the molecule is COC1CC(OC2/C(C)=C/C[C@@H]3CC(C[C@]4(CCC(C)[C@@H](C5CCCCC5)O4)C3)OC(=O)[C@@H]3C=C(C)/C(=N\O)C4OC/C(=C\C=C\C2C)C43O)OC(C)C1O. The lowest BCUT2D eigenvalue weighted by Gasteiger charge is -2.52. The van der Waals surface area contributed by atoms with E-state index in [4.69, 9.17) is 28.4 Å². The Morgan fingerprint density at radius 3 is 2.56 bits per heavy atom. The molecule has 306 valence electrons. The van der Waals surface area contributed by atoms with Gasteiger partial charge in [0.2, 0.25) is 0 Å². The van der Waals surface area contributed by atoms with Crippen molar-refractivity contribution in [2.24, 2.45) is 34.7 Å². The molecule has 2 bridgehead atoms. The van der Waals surface area contributed by atoms with E-state index in [1.54, 1.807) is 26.2 Å². The van der Waals surface area contributed by atoms with Crippen molar-refractivity contribution >= 4 is 11.7 Å². The standard InChI is InChI=1S/C44H65NO10/c1-25-11-10-14-32-24-51-41-37(45-49)28(4)19-34(44(32,41)48)42(47)53-33-20-30(16-15-26(2)39(25)54-36-21-35(50-6)38(46)29(5)52-36)22-43(23-33)18-17-27(3)40(55-43)31-12-8-7-9-13-31/h10-11,14-15,19,25,27,29-31,33-36,38-41,46,48-49H,7-9,12-13,16-18,20-24H2,1-6H3/b11-10+,26-15+,32-14+,45-37+/t25?,27?,29?,30-,33?,34+,35?,36?,38?,39?,40+,41?,43+,44?/m1/s1. The predicted octanol–water partition coefficient (Wildman–Crippen LogP) is 6.73. The predicted molar refractivity (Wildman–Crippen MR) is 206 cm³/mol. The normalized spacial score (nSPS) is 47.9. The van der Waals surface area contributed by atoms with Crippen LogP contribution in [0.1, 0.15) is 112 Å². The number of hydrogen-bond acceptors (Lipinski definition) is 11. The second-order valence-electron chi connectivity index (χ2n) is 18.0. The zero-order chi connectivity index (χ0) is 39.1. The molecular weight excluding hydrogens is 702 g/mol. The van der Waals surface area contributed by atoms with Crippen LogP contribution in [0.3, 0.4) is 0 Å². The van der Waals surface area contributed by atoms with Crippen LogP contribution >= 0.6 is 0 Å². The Balaban J connectivity index is 1.25. The van der Waals surface area contributed by atoms with Crippen LogP contribution in [-0.4, -0.2) is 101 Å². The monoisotopic (exact) mass is 767 g/mol. The number of esters is 1. The Labute approximate surface area is 327 Å². The third-order valence-corrected chi connectivity index (χ3v) is 14.1. The average Bonchev–Trinajstić information content (AvgIpc) is 3.50. The number of rotatable bonds is 4. The van der Waals surface area contributed by atoms with Gasteiger partial charge in [0.15, 0.2) is 6.29 Å². The first kappa shape index (κ1) is 40.8. The summed E-state index contributed by atoms with van der Waals surface area (Å²) in [5.41, 5.74) is 0.140. The molecule has 7 rings (SSSR count). The second kappa shape index (κ2) is 16.8. The van der Waals surface area contributed by atoms with Gasteiger partial charge in [-0.2, -0.15) is 0 Å². The first-order chi connectivity index (χ1) is 26.4. The quantitative estimate of drug-likeness (QED) is 0.122. The van der Waals surface area contributed by atoms with Crippen LogP contribution in [0, 0.1) is 29.6 Å². The van der Waals surface area contributed by atoms with Gasteiger partial charge < -0.3 is 43.8 Å². The Hall–Kier alpha value is -2.38. The van der Waals surface area contributed by atoms with Crippen LogP contribution in [0.5, 0.6) is 0 Å². The van der Waals surface area contributed by atoms with Crippen LogP contribution in [0.4, 0.5) is 0 Å². The molecule has 5 fully saturated rings. The largest absolute Gasteiger partial charge is 0.462 e. The molecule has 3 N–H and O–H groups in total. The fourth-order valence-corrected chi connectivity index (χ4v) is 11.0. The number of fused-ring (bicyclic) bond motifs is 2. The Kier molecular flexibility index (Phi) is 12.5. The molecule has 4 heterocycles.